The Hall–Kier alpha value is -1.02. The van der Waals surface area contributed by atoms with Crippen molar-refractivity contribution in [1.29, 1.82) is 0 Å². The standard InChI is InChI=1S/C17H29NO/c1-7-19-15-10-8-14(9-11-15)12-18-17(5,6)13-16(2,3)4/h8-11,18H,7,12-13H2,1-6H3. The minimum absolute atomic E-state index is 0.150. The molecule has 0 amide bonds. The molecule has 2 heteroatoms. The molecule has 0 aliphatic carbocycles. The summed E-state index contributed by atoms with van der Waals surface area (Å²) in [6.45, 7) is 15.0. The van der Waals surface area contributed by atoms with Gasteiger partial charge in [0.1, 0.15) is 5.75 Å². The first-order chi connectivity index (χ1) is 8.72. The van der Waals surface area contributed by atoms with E-state index >= 15 is 0 Å². The van der Waals surface area contributed by atoms with E-state index in [1.165, 1.54) is 5.56 Å². The van der Waals surface area contributed by atoms with E-state index in [2.05, 4.69) is 52.1 Å². The van der Waals surface area contributed by atoms with E-state index in [1.54, 1.807) is 0 Å². The Balaban J connectivity index is 2.51. The summed E-state index contributed by atoms with van der Waals surface area (Å²) in [7, 11) is 0. The van der Waals surface area contributed by atoms with E-state index < -0.39 is 0 Å². The Labute approximate surface area is 118 Å². The quantitative estimate of drug-likeness (QED) is 0.822. The van der Waals surface area contributed by atoms with Crippen LogP contribution in [0.2, 0.25) is 0 Å². The summed E-state index contributed by atoms with van der Waals surface area (Å²) in [6, 6.07) is 8.34. The van der Waals surface area contributed by atoms with Crippen LogP contribution < -0.4 is 10.1 Å². The SMILES string of the molecule is CCOc1ccc(CNC(C)(C)CC(C)(C)C)cc1. The first-order valence-electron chi connectivity index (χ1n) is 7.19. The third-order valence-electron chi connectivity index (χ3n) is 2.98. The van der Waals surface area contributed by atoms with E-state index in [-0.39, 0.29) is 5.54 Å². The lowest BCUT2D eigenvalue weighted by Gasteiger charge is -2.33. The summed E-state index contributed by atoms with van der Waals surface area (Å²) >= 11 is 0. The highest BCUT2D eigenvalue weighted by Gasteiger charge is 2.24. The molecule has 1 aromatic rings. The highest BCUT2D eigenvalue weighted by Crippen LogP contribution is 2.27. The maximum atomic E-state index is 5.45. The van der Waals surface area contributed by atoms with Crippen LogP contribution in [0, 0.1) is 5.41 Å². The van der Waals surface area contributed by atoms with Crippen LogP contribution in [-0.4, -0.2) is 12.1 Å². The lowest BCUT2D eigenvalue weighted by Crippen LogP contribution is -2.41. The summed E-state index contributed by atoms with van der Waals surface area (Å²) in [4.78, 5) is 0. The largest absolute Gasteiger partial charge is 0.494 e. The van der Waals surface area contributed by atoms with Gasteiger partial charge in [-0.25, -0.2) is 0 Å². The Bertz CT molecular complexity index is 373. The summed E-state index contributed by atoms with van der Waals surface area (Å²) < 4.78 is 5.45. The number of ether oxygens (including phenoxy) is 1. The molecular formula is C17H29NO. The van der Waals surface area contributed by atoms with Crippen LogP contribution in [0.5, 0.6) is 5.75 Å². The van der Waals surface area contributed by atoms with Crippen LogP contribution in [0.3, 0.4) is 0 Å². The summed E-state index contributed by atoms with van der Waals surface area (Å²) in [5.41, 5.74) is 1.79. The summed E-state index contributed by atoms with van der Waals surface area (Å²) in [5.74, 6) is 0.945. The van der Waals surface area contributed by atoms with Crippen LogP contribution in [-0.2, 0) is 6.54 Å². The highest BCUT2D eigenvalue weighted by molar-refractivity contribution is 5.27. The van der Waals surface area contributed by atoms with Gasteiger partial charge in [-0.05, 0) is 50.3 Å². The Morgan fingerprint density at radius 2 is 1.58 bits per heavy atom. The summed E-state index contributed by atoms with van der Waals surface area (Å²) in [6.07, 6.45) is 1.15. The normalized spacial score (nSPS) is 12.5. The number of nitrogens with one attached hydrogen (secondary N) is 1. The van der Waals surface area contributed by atoms with Crippen molar-refractivity contribution in [3.05, 3.63) is 29.8 Å². The fourth-order valence-corrected chi connectivity index (χ4v) is 2.60. The minimum atomic E-state index is 0.150. The number of rotatable bonds is 6. The number of hydrogen-bond donors (Lipinski definition) is 1. The number of hydrogen-bond acceptors (Lipinski definition) is 2. The topological polar surface area (TPSA) is 21.3 Å². The molecule has 0 saturated heterocycles. The molecule has 19 heavy (non-hydrogen) atoms. The van der Waals surface area contributed by atoms with Crippen LogP contribution >= 0.6 is 0 Å². The molecule has 0 aliphatic heterocycles. The van der Waals surface area contributed by atoms with Crippen LogP contribution in [0.4, 0.5) is 0 Å². The molecule has 1 N–H and O–H groups in total. The molecule has 0 saturated carbocycles. The van der Waals surface area contributed by atoms with Gasteiger partial charge in [-0.3, -0.25) is 0 Å². The smallest absolute Gasteiger partial charge is 0.119 e. The molecule has 0 bridgehead atoms. The van der Waals surface area contributed by atoms with Crippen molar-refractivity contribution in [2.24, 2.45) is 5.41 Å². The van der Waals surface area contributed by atoms with Gasteiger partial charge < -0.3 is 10.1 Å². The molecule has 1 aromatic carbocycles. The number of benzene rings is 1. The fraction of sp³-hybridized carbons (Fsp3) is 0.647. The maximum absolute atomic E-state index is 5.45. The predicted molar refractivity (Wildman–Crippen MR) is 82.6 cm³/mol. The Morgan fingerprint density at radius 1 is 1.00 bits per heavy atom. The average molecular weight is 263 g/mol. The van der Waals surface area contributed by atoms with Crippen molar-refractivity contribution < 1.29 is 4.74 Å². The molecule has 0 spiro atoms. The van der Waals surface area contributed by atoms with Crippen molar-refractivity contribution in [2.45, 2.75) is 60.0 Å². The molecule has 0 radical (unpaired) electrons. The molecular weight excluding hydrogens is 234 g/mol. The molecule has 0 atom stereocenters. The lowest BCUT2D eigenvalue weighted by atomic mass is 9.82. The Morgan fingerprint density at radius 3 is 2.05 bits per heavy atom. The highest BCUT2D eigenvalue weighted by atomic mass is 16.5. The molecule has 0 aliphatic rings. The molecule has 0 fully saturated rings. The van der Waals surface area contributed by atoms with Crippen molar-refractivity contribution in [1.82, 2.24) is 5.32 Å². The van der Waals surface area contributed by atoms with Crippen molar-refractivity contribution in [3.8, 4) is 5.75 Å². The van der Waals surface area contributed by atoms with Gasteiger partial charge in [0.05, 0.1) is 6.61 Å². The van der Waals surface area contributed by atoms with Gasteiger partial charge in [-0.2, -0.15) is 0 Å². The zero-order valence-corrected chi connectivity index (χ0v) is 13.3. The second-order valence-corrected chi connectivity index (χ2v) is 7.05. The Kier molecular flexibility index (Phi) is 5.42. The van der Waals surface area contributed by atoms with Crippen molar-refractivity contribution in [2.75, 3.05) is 6.61 Å². The molecule has 0 aromatic heterocycles. The fourth-order valence-electron chi connectivity index (χ4n) is 2.60. The molecule has 1 rings (SSSR count). The van der Waals surface area contributed by atoms with Crippen LogP contribution in [0.25, 0.3) is 0 Å². The van der Waals surface area contributed by atoms with Gasteiger partial charge in [0.2, 0.25) is 0 Å². The van der Waals surface area contributed by atoms with Crippen LogP contribution in [0.1, 0.15) is 53.5 Å². The molecule has 2 nitrogen and oxygen atoms in total. The average Bonchev–Trinajstić information content (AvgIpc) is 2.25. The molecule has 108 valence electrons. The van der Waals surface area contributed by atoms with E-state index in [1.807, 2.05) is 19.1 Å². The van der Waals surface area contributed by atoms with Gasteiger partial charge in [0.25, 0.3) is 0 Å². The van der Waals surface area contributed by atoms with Crippen LogP contribution in [0.15, 0.2) is 24.3 Å². The van der Waals surface area contributed by atoms with Gasteiger partial charge in [0.15, 0.2) is 0 Å². The van der Waals surface area contributed by atoms with E-state index in [0.29, 0.717) is 5.41 Å². The van der Waals surface area contributed by atoms with E-state index in [0.717, 1.165) is 25.3 Å². The summed E-state index contributed by atoms with van der Waals surface area (Å²) in [5, 5.41) is 3.64. The minimum Gasteiger partial charge on any atom is -0.494 e. The van der Waals surface area contributed by atoms with Gasteiger partial charge in [0, 0.05) is 12.1 Å². The first kappa shape index (κ1) is 16.0. The first-order valence-corrected chi connectivity index (χ1v) is 7.19. The lowest BCUT2D eigenvalue weighted by molar-refractivity contribution is 0.240. The van der Waals surface area contributed by atoms with Gasteiger partial charge in [-0.15, -0.1) is 0 Å². The van der Waals surface area contributed by atoms with Gasteiger partial charge in [-0.1, -0.05) is 32.9 Å². The van der Waals surface area contributed by atoms with Crippen molar-refractivity contribution in [3.63, 3.8) is 0 Å². The third kappa shape index (κ3) is 6.63. The molecule has 0 heterocycles. The van der Waals surface area contributed by atoms with E-state index in [4.69, 9.17) is 4.74 Å². The third-order valence-corrected chi connectivity index (χ3v) is 2.98. The monoisotopic (exact) mass is 263 g/mol. The zero-order chi connectivity index (χ0) is 14.5. The molecule has 0 unspecified atom stereocenters. The van der Waals surface area contributed by atoms with E-state index in [9.17, 15) is 0 Å². The maximum Gasteiger partial charge on any atom is 0.119 e. The second-order valence-electron chi connectivity index (χ2n) is 7.05. The van der Waals surface area contributed by atoms with Gasteiger partial charge >= 0.3 is 0 Å². The predicted octanol–water partition coefficient (Wildman–Crippen LogP) is 4.39. The zero-order valence-electron chi connectivity index (χ0n) is 13.3. The van der Waals surface area contributed by atoms with Crippen molar-refractivity contribution >= 4 is 0 Å². The second kappa shape index (κ2) is 6.42.